The number of aliphatic hydroxyl groups is 1. The van der Waals surface area contributed by atoms with Crippen LogP contribution in [0.15, 0.2) is 30.3 Å². The molecule has 0 unspecified atom stereocenters. The van der Waals surface area contributed by atoms with Crippen LogP contribution in [0.2, 0.25) is 0 Å². The van der Waals surface area contributed by atoms with Crippen LogP contribution in [-0.2, 0) is 4.79 Å². The number of likely N-dealkylation sites (N-methyl/N-ethyl adjacent to an activating group) is 2. The molecule has 2 rings (SSSR count). The first-order chi connectivity index (χ1) is 9.50. The van der Waals surface area contributed by atoms with E-state index in [1.807, 2.05) is 42.3 Å². The van der Waals surface area contributed by atoms with Gasteiger partial charge in [0.1, 0.15) is 0 Å². The standard InChI is InChI=1S/C16H24N2O2/c1-17(13-16(20)10-6-7-11-16)12-15(19)18(2)14-8-4-3-5-9-14/h3-5,8-9,20H,6-7,10-13H2,1-2H3. The molecule has 0 saturated heterocycles. The number of para-hydroxylation sites is 1. The SMILES string of the molecule is CN(CC(=O)N(C)c1ccccc1)CC1(O)CCCC1. The van der Waals surface area contributed by atoms with E-state index < -0.39 is 5.60 Å². The van der Waals surface area contributed by atoms with Crippen molar-refractivity contribution in [3.8, 4) is 0 Å². The van der Waals surface area contributed by atoms with E-state index in [-0.39, 0.29) is 5.91 Å². The molecule has 0 heterocycles. The zero-order valence-corrected chi connectivity index (χ0v) is 12.4. The van der Waals surface area contributed by atoms with Crippen LogP contribution >= 0.6 is 0 Å². The predicted octanol–water partition coefficient (Wildman–Crippen LogP) is 1.89. The molecule has 1 aromatic carbocycles. The summed E-state index contributed by atoms with van der Waals surface area (Å²) < 4.78 is 0. The van der Waals surface area contributed by atoms with E-state index in [0.29, 0.717) is 13.1 Å². The van der Waals surface area contributed by atoms with Crippen molar-refractivity contribution in [2.75, 3.05) is 32.1 Å². The maximum Gasteiger partial charge on any atom is 0.240 e. The van der Waals surface area contributed by atoms with Crippen LogP contribution in [0.25, 0.3) is 0 Å². The molecule has 0 radical (unpaired) electrons. The molecule has 0 aliphatic heterocycles. The number of nitrogens with zero attached hydrogens (tertiary/aromatic N) is 2. The van der Waals surface area contributed by atoms with Gasteiger partial charge in [-0.3, -0.25) is 9.69 Å². The Hall–Kier alpha value is -1.39. The second kappa shape index (κ2) is 6.37. The third kappa shape index (κ3) is 3.81. The van der Waals surface area contributed by atoms with Crippen molar-refractivity contribution in [2.24, 2.45) is 0 Å². The van der Waals surface area contributed by atoms with Gasteiger partial charge < -0.3 is 10.0 Å². The molecule has 4 heteroatoms. The zero-order chi connectivity index (χ0) is 14.6. The molecular weight excluding hydrogens is 252 g/mol. The van der Waals surface area contributed by atoms with Crippen molar-refractivity contribution in [3.63, 3.8) is 0 Å². The van der Waals surface area contributed by atoms with Crippen molar-refractivity contribution in [3.05, 3.63) is 30.3 Å². The lowest BCUT2D eigenvalue weighted by atomic mass is 10.0. The summed E-state index contributed by atoms with van der Waals surface area (Å²) in [5.41, 5.74) is 0.297. The summed E-state index contributed by atoms with van der Waals surface area (Å²) in [6, 6.07) is 9.61. The number of anilines is 1. The van der Waals surface area contributed by atoms with Crippen LogP contribution in [-0.4, -0.2) is 48.7 Å². The highest BCUT2D eigenvalue weighted by Crippen LogP contribution is 2.29. The number of amides is 1. The highest BCUT2D eigenvalue weighted by Gasteiger charge is 2.32. The average molecular weight is 276 g/mol. The minimum Gasteiger partial charge on any atom is -0.389 e. The second-order valence-corrected chi connectivity index (χ2v) is 5.89. The van der Waals surface area contributed by atoms with Gasteiger partial charge in [-0.25, -0.2) is 0 Å². The van der Waals surface area contributed by atoms with Gasteiger partial charge >= 0.3 is 0 Å². The average Bonchev–Trinajstić information content (AvgIpc) is 2.84. The monoisotopic (exact) mass is 276 g/mol. The van der Waals surface area contributed by atoms with Gasteiger partial charge in [0, 0.05) is 19.3 Å². The second-order valence-electron chi connectivity index (χ2n) is 5.89. The van der Waals surface area contributed by atoms with E-state index in [1.54, 1.807) is 11.9 Å². The molecule has 0 atom stereocenters. The predicted molar refractivity (Wildman–Crippen MR) is 80.8 cm³/mol. The number of benzene rings is 1. The van der Waals surface area contributed by atoms with Gasteiger partial charge in [-0.05, 0) is 32.0 Å². The molecule has 1 aliphatic carbocycles. The first-order valence-corrected chi connectivity index (χ1v) is 7.23. The number of carbonyl (C=O) groups excluding carboxylic acids is 1. The summed E-state index contributed by atoms with van der Waals surface area (Å²) in [6.45, 7) is 0.898. The first-order valence-electron chi connectivity index (χ1n) is 7.23. The highest BCUT2D eigenvalue weighted by atomic mass is 16.3. The van der Waals surface area contributed by atoms with E-state index in [2.05, 4.69) is 0 Å². The molecule has 1 saturated carbocycles. The minimum absolute atomic E-state index is 0.0419. The van der Waals surface area contributed by atoms with E-state index >= 15 is 0 Å². The van der Waals surface area contributed by atoms with Crippen molar-refractivity contribution in [2.45, 2.75) is 31.3 Å². The Labute approximate surface area is 121 Å². The lowest BCUT2D eigenvalue weighted by Gasteiger charge is -2.29. The van der Waals surface area contributed by atoms with Crippen molar-refractivity contribution < 1.29 is 9.90 Å². The smallest absolute Gasteiger partial charge is 0.240 e. The molecule has 1 amide bonds. The van der Waals surface area contributed by atoms with Gasteiger partial charge in [0.25, 0.3) is 0 Å². The van der Waals surface area contributed by atoms with Crippen LogP contribution in [0, 0.1) is 0 Å². The van der Waals surface area contributed by atoms with Crippen molar-refractivity contribution in [1.29, 1.82) is 0 Å². The molecule has 110 valence electrons. The number of hydrogen-bond acceptors (Lipinski definition) is 3. The van der Waals surface area contributed by atoms with E-state index in [9.17, 15) is 9.90 Å². The van der Waals surface area contributed by atoms with E-state index in [1.165, 1.54) is 0 Å². The molecule has 0 bridgehead atoms. The molecule has 0 spiro atoms. The first kappa shape index (κ1) is 15.0. The lowest BCUT2D eigenvalue weighted by Crippen LogP contribution is -2.44. The fourth-order valence-electron chi connectivity index (χ4n) is 2.88. The molecule has 1 fully saturated rings. The Kier molecular flexibility index (Phi) is 4.78. The van der Waals surface area contributed by atoms with Crippen molar-refractivity contribution >= 4 is 11.6 Å². The number of rotatable bonds is 5. The minimum atomic E-state index is -0.597. The quantitative estimate of drug-likeness (QED) is 0.893. The van der Waals surface area contributed by atoms with Crippen LogP contribution in [0.4, 0.5) is 5.69 Å². The van der Waals surface area contributed by atoms with Gasteiger partial charge in [-0.1, -0.05) is 31.0 Å². The molecule has 1 N–H and O–H groups in total. The fraction of sp³-hybridized carbons (Fsp3) is 0.562. The Balaban J connectivity index is 1.87. The normalized spacial score (nSPS) is 17.4. The maximum absolute atomic E-state index is 12.2. The summed E-state index contributed by atoms with van der Waals surface area (Å²) in [5, 5.41) is 10.4. The Morgan fingerprint density at radius 2 is 1.80 bits per heavy atom. The molecular formula is C16H24N2O2. The Bertz CT molecular complexity index is 441. The summed E-state index contributed by atoms with van der Waals surface area (Å²) in [6.07, 6.45) is 3.87. The topological polar surface area (TPSA) is 43.8 Å². The highest BCUT2D eigenvalue weighted by molar-refractivity contribution is 5.94. The van der Waals surface area contributed by atoms with Crippen LogP contribution < -0.4 is 4.90 Å². The summed E-state index contributed by atoms with van der Waals surface area (Å²) in [5.74, 6) is 0.0419. The zero-order valence-electron chi connectivity index (χ0n) is 12.4. The Morgan fingerprint density at radius 1 is 1.20 bits per heavy atom. The number of carbonyl (C=O) groups is 1. The maximum atomic E-state index is 12.2. The fourth-order valence-corrected chi connectivity index (χ4v) is 2.88. The third-order valence-corrected chi connectivity index (χ3v) is 4.02. The molecule has 0 aromatic heterocycles. The van der Waals surface area contributed by atoms with Crippen LogP contribution in [0.3, 0.4) is 0 Å². The summed E-state index contributed by atoms with van der Waals surface area (Å²) >= 11 is 0. The van der Waals surface area contributed by atoms with E-state index in [0.717, 1.165) is 31.4 Å². The summed E-state index contributed by atoms with van der Waals surface area (Å²) in [7, 11) is 3.68. The largest absolute Gasteiger partial charge is 0.389 e. The lowest BCUT2D eigenvalue weighted by molar-refractivity contribution is -0.119. The van der Waals surface area contributed by atoms with Crippen molar-refractivity contribution in [1.82, 2.24) is 4.90 Å². The summed E-state index contributed by atoms with van der Waals surface area (Å²) in [4.78, 5) is 15.8. The molecule has 20 heavy (non-hydrogen) atoms. The van der Waals surface area contributed by atoms with Gasteiger partial charge in [-0.2, -0.15) is 0 Å². The molecule has 1 aromatic rings. The van der Waals surface area contributed by atoms with Gasteiger partial charge in [0.2, 0.25) is 5.91 Å². The van der Waals surface area contributed by atoms with Gasteiger partial charge in [0.05, 0.1) is 12.1 Å². The third-order valence-electron chi connectivity index (χ3n) is 4.02. The van der Waals surface area contributed by atoms with Gasteiger partial charge in [-0.15, -0.1) is 0 Å². The van der Waals surface area contributed by atoms with E-state index in [4.69, 9.17) is 0 Å². The molecule has 1 aliphatic rings. The van der Waals surface area contributed by atoms with Gasteiger partial charge in [0.15, 0.2) is 0 Å². The van der Waals surface area contributed by atoms with Crippen LogP contribution in [0.5, 0.6) is 0 Å². The number of hydrogen-bond donors (Lipinski definition) is 1. The molecule has 4 nitrogen and oxygen atoms in total. The van der Waals surface area contributed by atoms with Crippen LogP contribution in [0.1, 0.15) is 25.7 Å². The Morgan fingerprint density at radius 3 is 2.40 bits per heavy atom.